The van der Waals surface area contributed by atoms with Crippen molar-refractivity contribution in [3.63, 3.8) is 0 Å². The molecule has 20 heavy (non-hydrogen) atoms. The predicted molar refractivity (Wildman–Crippen MR) is 81.9 cm³/mol. The highest BCUT2D eigenvalue weighted by molar-refractivity contribution is 6.62. The third-order valence-electron chi connectivity index (χ3n) is 3.97. The summed E-state index contributed by atoms with van der Waals surface area (Å²) in [4.78, 5) is 10.9. The lowest BCUT2D eigenvalue weighted by molar-refractivity contribution is -0.112. The summed E-state index contributed by atoms with van der Waals surface area (Å²) in [5.74, 6) is 0.0417. The molecule has 1 aromatic rings. The lowest BCUT2D eigenvalue weighted by Gasteiger charge is -2.32. The van der Waals surface area contributed by atoms with Crippen LogP contribution in [-0.2, 0) is 14.1 Å². The number of rotatable bonds is 3. The van der Waals surface area contributed by atoms with E-state index in [1.54, 1.807) is 12.2 Å². The van der Waals surface area contributed by atoms with E-state index >= 15 is 0 Å². The quantitative estimate of drug-likeness (QED) is 0.626. The van der Waals surface area contributed by atoms with E-state index in [4.69, 9.17) is 9.31 Å². The van der Waals surface area contributed by atoms with Crippen molar-refractivity contribution in [2.45, 2.75) is 45.8 Å². The van der Waals surface area contributed by atoms with Gasteiger partial charge in [-0.25, -0.2) is 0 Å². The Kier molecular flexibility index (Phi) is 3.89. The largest absolute Gasteiger partial charge is 0.494 e. The van der Waals surface area contributed by atoms with Crippen LogP contribution in [0.15, 0.2) is 30.3 Å². The molecule has 0 radical (unpaired) electrons. The zero-order valence-corrected chi connectivity index (χ0v) is 12.8. The number of hydrogen-bond acceptors (Lipinski definition) is 3. The van der Waals surface area contributed by atoms with Gasteiger partial charge < -0.3 is 9.31 Å². The molecule has 0 aromatic heterocycles. The second-order valence-corrected chi connectivity index (χ2v) is 6.20. The zero-order chi connectivity index (χ0) is 15.0. The van der Waals surface area contributed by atoms with Crippen LogP contribution in [0.3, 0.4) is 0 Å². The number of ketones is 1. The molecule has 0 saturated carbocycles. The molecule has 3 nitrogen and oxygen atoms in total. The van der Waals surface area contributed by atoms with Gasteiger partial charge in [-0.2, -0.15) is 0 Å². The first kappa shape index (κ1) is 15.0. The molecule has 1 aliphatic rings. The SMILES string of the molecule is CC(=O)/C=C/c1ccc(B2OC(C)(C)C(C)(C)O2)cc1. The molecule has 0 atom stereocenters. The summed E-state index contributed by atoms with van der Waals surface area (Å²) < 4.78 is 12.0. The highest BCUT2D eigenvalue weighted by Crippen LogP contribution is 2.36. The fraction of sp³-hybridized carbons (Fsp3) is 0.438. The maximum Gasteiger partial charge on any atom is 0.494 e. The molecule has 2 rings (SSSR count). The monoisotopic (exact) mass is 272 g/mol. The summed E-state index contributed by atoms with van der Waals surface area (Å²) >= 11 is 0. The molecule has 106 valence electrons. The molecular weight excluding hydrogens is 251 g/mol. The van der Waals surface area contributed by atoms with E-state index in [2.05, 4.69) is 0 Å². The van der Waals surface area contributed by atoms with Crippen LogP contribution in [0, 0.1) is 0 Å². The van der Waals surface area contributed by atoms with Gasteiger partial charge in [-0.3, -0.25) is 4.79 Å². The molecule has 0 aliphatic carbocycles. The van der Waals surface area contributed by atoms with Crippen molar-refractivity contribution in [1.82, 2.24) is 0 Å². The van der Waals surface area contributed by atoms with E-state index in [9.17, 15) is 4.79 Å². The Balaban J connectivity index is 2.14. The van der Waals surface area contributed by atoms with Gasteiger partial charge in [-0.15, -0.1) is 0 Å². The number of hydrogen-bond donors (Lipinski definition) is 0. The van der Waals surface area contributed by atoms with Gasteiger partial charge in [0.25, 0.3) is 0 Å². The van der Waals surface area contributed by atoms with Gasteiger partial charge >= 0.3 is 7.12 Å². The summed E-state index contributed by atoms with van der Waals surface area (Å²) in [5, 5.41) is 0. The number of allylic oxidation sites excluding steroid dienone is 1. The summed E-state index contributed by atoms with van der Waals surface area (Å²) in [5.41, 5.74) is 1.32. The van der Waals surface area contributed by atoms with Crippen LogP contribution >= 0.6 is 0 Å². The topological polar surface area (TPSA) is 35.5 Å². The van der Waals surface area contributed by atoms with Gasteiger partial charge in [-0.05, 0) is 51.7 Å². The molecule has 1 aliphatic heterocycles. The first-order chi connectivity index (χ1) is 9.21. The Morgan fingerprint density at radius 1 is 1.05 bits per heavy atom. The van der Waals surface area contributed by atoms with Crippen LogP contribution < -0.4 is 5.46 Å². The van der Waals surface area contributed by atoms with E-state index in [1.165, 1.54) is 6.92 Å². The molecule has 1 aromatic carbocycles. The second-order valence-electron chi connectivity index (χ2n) is 6.20. The summed E-state index contributed by atoms with van der Waals surface area (Å²) in [6, 6.07) is 7.86. The first-order valence-electron chi connectivity index (χ1n) is 6.85. The lowest BCUT2D eigenvalue weighted by Crippen LogP contribution is -2.41. The van der Waals surface area contributed by atoms with Gasteiger partial charge in [-0.1, -0.05) is 30.3 Å². The zero-order valence-electron chi connectivity index (χ0n) is 12.8. The third-order valence-corrected chi connectivity index (χ3v) is 3.97. The summed E-state index contributed by atoms with van der Waals surface area (Å²) in [7, 11) is -0.342. The van der Waals surface area contributed by atoms with Crippen LogP contribution in [0.1, 0.15) is 40.2 Å². The minimum absolute atomic E-state index is 0.0417. The van der Waals surface area contributed by atoms with E-state index in [-0.39, 0.29) is 24.1 Å². The van der Waals surface area contributed by atoms with Crippen LogP contribution in [-0.4, -0.2) is 24.1 Å². The minimum Gasteiger partial charge on any atom is -0.399 e. The molecule has 0 unspecified atom stereocenters. The standard InChI is InChI=1S/C16H21BO3/c1-12(18)6-7-13-8-10-14(11-9-13)17-19-15(2,3)16(4,5)20-17/h6-11H,1-5H3/b7-6+. The van der Waals surface area contributed by atoms with Gasteiger partial charge in [0.15, 0.2) is 5.78 Å². The molecule has 1 saturated heterocycles. The Hall–Kier alpha value is -1.39. The minimum atomic E-state index is -0.342. The Morgan fingerprint density at radius 3 is 2.00 bits per heavy atom. The van der Waals surface area contributed by atoms with Crippen molar-refractivity contribution in [3.05, 3.63) is 35.9 Å². The first-order valence-corrected chi connectivity index (χ1v) is 6.85. The second kappa shape index (κ2) is 5.19. The van der Waals surface area contributed by atoms with Gasteiger partial charge in [0, 0.05) is 0 Å². The maximum atomic E-state index is 10.9. The van der Waals surface area contributed by atoms with Gasteiger partial charge in [0.2, 0.25) is 0 Å². The Morgan fingerprint density at radius 2 is 1.55 bits per heavy atom. The van der Waals surface area contributed by atoms with Crippen molar-refractivity contribution in [3.8, 4) is 0 Å². The molecule has 0 spiro atoms. The van der Waals surface area contributed by atoms with E-state index in [0.717, 1.165) is 11.0 Å². The molecular formula is C16H21BO3. The predicted octanol–water partition coefficient (Wildman–Crippen LogP) is 2.59. The highest BCUT2D eigenvalue weighted by atomic mass is 16.7. The summed E-state index contributed by atoms with van der Waals surface area (Å²) in [6.07, 6.45) is 3.36. The summed E-state index contributed by atoms with van der Waals surface area (Å²) in [6.45, 7) is 9.69. The maximum absolute atomic E-state index is 10.9. The fourth-order valence-electron chi connectivity index (χ4n) is 1.96. The normalized spacial score (nSPS) is 20.6. The Bertz CT molecular complexity index is 513. The average Bonchev–Trinajstić information content (AvgIpc) is 2.56. The van der Waals surface area contributed by atoms with Crippen LogP contribution in [0.5, 0.6) is 0 Å². The van der Waals surface area contributed by atoms with E-state index in [0.29, 0.717) is 0 Å². The molecule has 0 N–H and O–H groups in total. The number of carbonyl (C=O) groups excluding carboxylic acids is 1. The lowest BCUT2D eigenvalue weighted by atomic mass is 9.79. The van der Waals surface area contributed by atoms with Crippen molar-refractivity contribution in [1.29, 1.82) is 0 Å². The van der Waals surface area contributed by atoms with Crippen molar-refractivity contribution in [2.75, 3.05) is 0 Å². The molecule has 0 amide bonds. The average molecular weight is 272 g/mol. The van der Waals surface area contributed by atoms with Crippen LogP contribution in [0.25, 0.3) is 6.08 Å². The van der Waals surface area contributed by atoms with E-state index in [1.807, 2.05) is 52.0 Å². The van der Waals surface area contributed by atoms with Gasteiger partial charge in [0.1, 0.15) is 0 Å². The molecule has 1 fully saturated rings. The molecule has 0 bridgehead atoms. The molecule has 4 heteroatoms. The fourth-order valence-corrected chi connectivity index (χ4v) is 1.96. The van der Waals surface area contributed by atoms with Crippen molar-refractivity contribution < 1.29 is 14.1 Å². The van der Waals surface area contributed by atoms with Crippen molar-refractivity contribution in [2.24, 2.45) is 0 Å². The number of carbonyl (C=O) groups is 1. The smallest absolute Gasteiger partial charge is 0.399 e. The van der Waals surface area contributed by atoms with Crippen LogP contribution in [0.2, 0.25) is 0 Å². The highest BCUT2D eigenvalue weighted by Gasteiger charge is 2.51. The van der Waals surface area contributed by atoms with E-state index < -0.39 is 0 Å². The third kappa shape index (κ3) is 3.02. The Labute approximate surface area is 121 Å². The van der Waals surface area contributed by atoms with Gasteiger partial charge in [0.05, 0.1) is 11.2 Å². The van der Waals surface area contributed by atoms with Crippen LogP contribution in [0.4, 0.5) is 0 Å². The number of benzene rings is 1. The van der Waals surface area contributed by atoms with Crippen molar-refractivity contribution >= 4 is 24.4 Å². The molecule has 1 heterocycles.